The number of urea groups is 1. The first-order chi connectivity index (χ1) is 10.1. The Hall–Kier alpha value is -1.93. The van der Waals surface area contributed by atoms with Crippen LogP contribution in [0.5, 0.6) is 0 Å². The van der Waals surface area contributed by atoms with Crippen molar-refractivity contribution in [3.63, 3.8) is 0 Å². The number of nitrogens with zero attached hydrogens (tertiary/aromatic N) is 3. The predicted molar refractivity (Wildman–Crippen MR) is 80.3 cm³/mol. The molecule has 0 bridgehead atoms. The van der Waals surface area contributed by atoms with E-state index in [0.717, 1.165) is 17.9 Å². The van der Waals surface area contributed by atoms with Gasteiger partial charge in [-0.25, -0.2) is 9.69 Å². The third kappa shape index (κ3) is 3.63. The second-order valence-electron chi connectivity index (χ2n) is 4.86. The number of imide groups is 2. The summed E-state index contributed by atoms with van der Waals surface area (Å²) >= 11 is 0. The van der Waals surface area contributed by atoms with Crippen LogP contribution < -0.4 is 5.32 Å². The lowest BCUT2D eigenvalue weighted by molar-refractivity contribution is -0.144. The van der Waals surface area contributed by atoms with Gasteiger partial charge in [0, 0.05) is 26.2 Å². The number of carbonyl (C=O) groups excluding carboxylic acids is 4. The fourth-order valence-corrected chi connectivity index (χ4v) is 2.31. The van der Waals surface area contributed by atoms with Crippen molar-refractivity contribution < 1.29 is 19.2 Å². The molecule has 122 valence electrons. The molecule has 0 aliphatic carbocycles. The van der Waals surface area contributed by atoms with Gasteiger partial charge in [-0.15, -0.1) is 19.0 Å². The number of carbonyl (C=O) groups is 4. The first kappa shape index (κ1) is 18.1. The molecule has 0 unspecified atom stereocenters. The van der Waals surface area contributed by atoms with Crippen molar-refractivity contribution in [2.24, 2.45) is 0 Å². The van der Waals surface area contributed by atoms with E-state index in [2.05, 4.69) is 11.9 Å². The average Bonchev–Trinajstić information content (AvgIpc) is 2.72. The van der Waals surface area contributed by atoms with E-state index in [-0.39, 0.29) is 24.9 Å². The fraction of sp³-hybridized carbons (Fsp3) is 0.538. The van der Waals surface area contributed by atoms with E-state index in [0.29, 0.717) is 24.5 Å². The van der Waals surface area contributed by atoms with Crippen molar-refractivity contribution in [2.45, 2.75) is 6.42 Å². The lowest BCUT2D eigenvalue weighted by Gasteiger charge is -2.22. The Kier molecular flexibility index (Phi) is 6.51. The summed E-state index contributed by atoms with van der Waals surface area (Å²) in [5, 5.41) is 3.16. The third-order valence-electron chi connectivity index (χ3n) is 3.43. The Bertz CT molecular complexity index is 488. The zero-order valence-electron chi connectivity index (χ0n) is 12.1. The molecule has 9 heteroatoms. The number of rotatable bonds is 4. The summed E-state index contributed by atoms with van der Waals surface area (Å²) in [5.74, 6) is -2.19. The molecule has 2 aliphatic rings. The average molecular weight is 331 g/mol. The van der Waals surface area contributed by atoms with E-state index in [1.807, 2.05) is 0 Å². The summed E-state index contributed by atoms with van der Waals surface area (Å²) in [4.78, 5) is 50.7. The molecule has 0 spiro atoms. The Labute approximate surface area is 134 Å². The molecule has 0 radical (unpaired) electrons. The van der Waals surface area contributed by atoms with Gasteiger partial charge in [0.2, 0.25) is 5.91 Å². The summed E-state index contributed by atoms with van der Waals surface area (Å²) in [6.07, 6.45) is 2.17. The summed E-state index contributed by atoms with van der Waals surface area (Å²) < 4.78 is 0. The van der Waals surface area contributed by atoms with Crippen molar-refractivity contribution in [1.82, 2.24) is 20.0 Å². The number of nitrogens with one attached hydrogen (secondary N) is 1. The molecule has 2 heterocycles. The van der Waals surface area contributed by atoms with Crippen LogP contribution in [0.1, 0.15) is 6.42 Å². The molecule has 2 fully saturated rings. The molecule has 8 nitrogen and oxygen atoms in total. The van der Waals surface area contributed by atoms with Crippen LogP contribution in [0.25, 0.3) is 0 Å². The molecular weight excluding hydrogens is 312 g/mol. The zero-order chi connectivity index (χ0) is 15.4. The normalized spacial score (nSPS) is 19.1. The number of hydrogen-bond acceptors (Lipinski definition) is 5. The Balaban J connectivity index is 0.00000242. The van der Waals surface area contributed by atoms with Gasteiger partial charge in [0.15, 0.2) is 0 Å². The molecule has 0 aromatic heterocycles. The summed E-state index contributed by atoms with van der Waals surface area (Å²) in [6.45, 7) is 5.61. The van der Waals surface area contributed by atoms with Gasteiger partial charge in [-0.05, 0) is 13.0 Å². The van der Waals surface area contributed by atoms with Crippen LogP contribution in [-0.2, 0) is 14.4 Å². The molecule has 2 aliphatic heterocycles. The van der Waals surface area contributed by atoms with Crippen molar-refractivity contribution in [3.05, 3.63) is 12.7 Å². The predicted octanol–water partition coefficient (Wildman–Crippen LogP) is -0.793. The molecule has 0 saturated carbocycles. The van der Waals surface area contributed by atoms with Gasteiger partial charge in [0.05, 0.1) is 0 Å². The summed E-state index contributed by atoms with van der Waals surface area (Å²) in [5.41, 5.74) is 0. The van der Waals surface area contributed by atoms with E-state index in [1.54, 1.807) is 4.90 Å². The van der Waals surface area contributed by atoms with Gasteiger partial charge in [-0.2, -0.15) is 0 Å². The molecule has 0 aromatic carbocycles. The second-order valence-corrected chi connectivity index (χ2v) is 4.86. The van der Waals surface area contributed by atoms with Crippen molar-refractivity contribution in [2.75, 3.05) is 39.3 Å². The van der Waals surface area contributed by atoms with Gasteiger partial charge < -0.3 is 10.2 Å². The Morgan fingerprint density at radius 2 is 1.82 bits per heavy atom. The minimum atomic E-state index is -0.955. The highest BCUT2D eigenvalue weighted by molar-refractivity contribution is 6.45. The first-order valence-electron chi connectivity index (χ1n) is 6.83. The summed E-state index contributed by atoms with van der Waals surface area (Å²) in [6, 6.07) is -0.758. The molecular formula is C13H19ClN4O4. The van der Waals surface area contributed by atoms with Crippen molar-refractivity contribution >= 4 is 36.2 Å². The van der Waals surface area contributed by atoms with Crippen LogP contribution >= 0.6 is 12.4 Å². The minimum absolute atomic E-state index is 0. The molecule has 1 N–H and O–H groups in total. The quantitative estimate of drug-likeness (QED) is 0.414. The topological polar surface area (TPSA) is 90.0 Å². The molecule has 0 atom stereocenters. The monoisotopic (exact) mass is 330 g/mol. The van der Waals surface area contributed by atoms with E-state index in [4.69, 9.17) is 0 Å². The van der Waals surface area contributed by atoms with Gasteiger partial charge in [0.1, 0.15) is 6.54 Å². The lowest BCUT2D eigenvalue weighted by atomic mass is 10.3. The van der Waals surface area contributed by atoms with E-state index in [9.17, 15) is 19.2 Å². The van der Waals surface area contributed by atoms with Crippen LogP contribution in [0, 0.1) is 0 Å². The fourth-order valence-electron chi connectivity index (χ4n) is 2.31. The SMILES string of the molecule is C=CCN1C(=O)C(=O)N(CC(=O)N2CCCNCC2)C1=O.Cl. The number of hydrogen-bond donors (Lipinski definition) is 1. The van der Waals surface area contributed by atoms with Gasteiger partial charge in [0.25, 0.3) is 0 Å². The highest BCUT2D eigenvalue weighted by atomic mass is 35.5. The van der Waals surface area contributed by atoms with E-state index >= 15 is 0 Å². The second kappa shape index (κ2) is 7.90. The van der Waals surface area contributed by atoms with Crippen LogP contribution in [-0.4, -0.2) is 77.7 Å². The number of halogens is 1. The minimum Gasteiger partial charge on any atom is -0.340 e. The van der Waals surface area contributed by atoms with Crippen LogP contribution in [0.3, 0.4) is 0 Å². The molecule has 22 heavy (non-hydrogen) atoms. The highest BCUT2D eigenvalue weighted by Crippen LogP contribution is 2.12. The van der Waals surface area contributed by atoms with Gasteiger partial charge in [-0.1, -0.05) is 6.08 Å². The molecule has 2 rings (SSSR count). The highest BCUT2D eigenvalue weighted by Gasteiger charge is 2.44. The van der Waals surface area contributed by atoms with E-state index in [1.165, 1.54) is 6.08 Å². The van der Waals surface area contributed by atoms with Crippen LogP contribution in [0.15, 0.2) is 12.7 Å². The first-order valence-corrected chi connectivity index (χ1v) is 6.83. The van der Waals surface area contributed by atoms with Crippen molar-refractivity contribution in [3.8, 4) is 0 Å². The number of amides is 5. The maximum atomic E-state index is 12.2. The standard InChI is InChI=1S/C13H18N4O4.ClH/c1-2-6-16-11(19)12(20)17(13(16)21)9-10(18)15-7-3-4-14-5-8-15;/h2,14H,1,3-9H2;1H. The van der Waals surface area contributed by atoms with E-state index < -0.39 is 24.4 Å². The molecule has 5 amide bonds. The smallest absolute Gasteiger partial charge is 0.335 e. The Morgan fingerprint density at radius 3 is 2.50 bits per heavy atom. The molecule has 2 saturated heterocycles. The maximum Gasteiger partial charge on any atom is 0.335 e. The summed E-state index contributed by atoms with van der Waals surface area (Å²) in [7, 11) is 0. The maximum absolute atomic E-state index is 12.2. The van der Waals surface area contributed by atoms with Gasteiger partial charge in [-0.3, -0.25) is 19.3 Å². The van der Waals surface area contributed by atoms with Crippen LogP contribution in [0.4, 0.5) is 4.79 Å². The zero-order valence-corrected chi connectivity index (χ0v) is 12.9. The lowest BCUT2D eigenvalue weighted by Crippen LogP contribution is -2.44. The molecule has 0 aromatic rings. The van der Waals surface area contributed by atoms with Gasteiger partial charge >= 0.3 is 17.8 Å². The third-order valence-corrected chi connectivity index (χ3v) is 3.43. The Morgan fingerprint density at radius 1 is 1.14 bits per heavy atom. The van der Waals surface area contributed by atoms with Crippen LogP contribution in [0.2, 0.25) is 0 Å². The largest absolute Gasteiger partial charge is 0.340 e. The van der Waals surface area contributed by atoms with Crippen molar-refractivity contribution in [1.29, 1.82) is 0 Å².